The summed E-state index contributed by atoms with van der Waals surface area (Å²) in [5.41, 5.74) is 1.16. The van der Waals surface area contributed by atoms with Gasteiger partial charge in [0, 0.05) is 17.6 Å². The lowest BCUT2D eigenvalue weighted by atomic mass is 9.93. The standard InChI is InChI=1S/C25H33ClN4O2/c1-17(2)21-14-22-23(31)29(15-18-10-8-9-13-20(18)26)25(3,16-30(22)28-21)24(32)27-19-11-6-4-5-7-12-19/h8-10,13-14,17,19H,4-7,11-12,15-16H2,1-3H3,(H,27,32)/t25-/m0/s1. The van der Waals surface area contributed by atoms with Crippen LogP contribution in [0.4, 0.5) is 0 Å². The summed E-state index contributed by atoms with van der Waals surface area (Å²) in [5, 5.41) is 8.53. The summed E-state index contributed by atoms with van der Waals surface area (Å²) in [6, 6.07) is 9.50. The Balaban J connectivity index is 1.69. The van der Waals surface area contributed by atoms with Crippen molar-refractivity contribution in [2.75, 3.05) is 0 Å². The number of nitrogens with one attached hydrogen (secondary N) is 1. The molecular formula is C25H33ClN4O2. The maximum absolute atomic E-state index is 13.7. The Bertz CT molecular complexity index is 994. The number of fused-ring (bicyclic) bond motifs is 1. The van der Waals surface area contributed by atoms with Crippen LogP contribution in [0, 0.1) is 0 Å². The van der Waals surface area contributed by atoms with Gasteiger partial charge in [0.1, 0.15) is 11.2 Å². The third-order valence-electron chi connectivity index (χ3n) is 6.87. The minimum Gasteiger partial charge on any atom is -0.351 e. The van der Waals surface area contributed by atoms with E-state index in [1.807, 2.05) is 37.3 Å². The van der Waals surface area contributed by atoms with Crippen molar-refractivity contribution in [2.45, 2.75) is 89.9 Å². The summed E-state index contributed by atoms with van der Waals surface area (Å²) in [7, 11) is 0. The first-order chi connectivity index (χ1) is 15.3. The van der Waals surface area contributed by atoms with Crippen molar-refractivity contribution in [2.24, 2.45) is 0 Å². The smallest absolute Gasteiger partial charge is 0.273 e. The Labute approximate surface area is 195 Å². The highest BCUT2D eigenvalue weighted by Gasteiger charge is 2.48. The molecule has 7 heteroatoms. The van der Waals surface area contributed by atoms with Crippen LogP contribution in [0.15, 0.2) is 30.3 Å². The number of hydrogen-bond acceptors (Lipinski definition) is 3. The van der Waals surface area contributed by atoms with Crippen LogP contribution in [0.3, 0.4) is 0 Å². The maximum Gasteiger partial charge on any atom is 0.273 e. The minimum atomic E-state index is -1.06. The van der Waals surface area contributed by atoms with Crippen molar-refractivity contribution in [1.29, 1.82) is 0 Å². The molecule has 6 nitrogen and oxygen atoms in total. The highest BCUT2D eigenvalue weighted by atomic mass is 35.5. The fraction of sp³-hybridized carbons (Fsp3) is 0.560. The molecule has 0 saturated heterocycles. The van der Waals surface area contributed by atoms with Gasteiger partial charge >= 0.3 is 0 Å². The molecule has 2 amide bonds. The molecule has 1 aliphatic carbocycles. The van der Waals surface area contributed by atoms with Gasteiger partial charge in [0.05, 0.1) is 12.2 Å². The number of halogens is 1. The second-order valence-electron chi connectivity index (χ2n) is 9.69. The summed E-state index contributed by atoms with van der Waals surface area (Å²) in [4.78, 5) is 29.1. The van der Waals surface area contributed by atoms with Crippen LogP contribution in [-0.4, -0.2) is 38.1 Å². The number of hydrogen-bond donors (Lipinski definition) is 1. The summed E-state index contributed by atoms with van der Waals surface area (Å²) < 4.78 is 1.72. The molecule has 1 fully saturated rings. The van der Waals surface area contributed by atoms with E-state index in [0.717, 1.165) is 36.9 Å². The highest BCUT2D eigenvalue weighted by Crippen LogP contribution is 2.32. The van der Waals surface area contributed by atoms with E-state index >= 15 is 0 Å². The Morgan fingerprint density at radius 1 is 1.22 bits per heavy atom. The summed E-state index contributed by atoms with van der Waals surface area (Å²) >= 11 is 6.43. The third kappa shape index (κ3) is 4.42. The first-order valence-corrected chi connectivity index (χ1v) is 12.1. The van der Waals surface area contributed by atoms with E-state index in [-0.39, 0.29) is 30.3 Å². The van der Waals surface area contributed by atoms with E-state index in [2.05, 4.69) is 24.3 Å². The van der Waals surface area contributed by atoms with Gasteiger partial charge in [-0.15, -0.1) is 0 Å². The largest absolute Gasteiger partial charge is 0.351 e. The quantitative estimate of drug-likeness (QED) is 0.649. The Hall–Kier alpha value is -2.34. The number of benzene rings is 1. The van der Waals surface area contributed by atoms with Gasteiger partial charge in [-0.05, 0) is 43.4 Å². The van der Waals surface area contributed by atoms with Crippen molar-refractivity contribution >= 4 is 23.4 Å². The highest BCUT2D eigenvalue weighted by molar-refractivity contribution is 6.31. The fourth-order valence-corrected chi connectivity index (χ4v) is 4.95. The second kappa shape index (κ2) is 9.26. The summed E-state index contributed by atoms with van der Waals surface area (Å²) in [6.07, 6.45) is 6.68. The predicted molar refractivity (Wildman–Crippen MR) is 126 cm³/mol. The van der Waals surface area contributed by atoms with Crippen LogP contribution in [0.1, 0.15) is 87.0 Å². The number of aromatic nitrogens is 2. The maximum atomic E-state index is 13.7. The zero-order valence-electron chi connectivity index (χ0n) is 19.2. The predicted octanol–water partition coefficient (Wildman–Crippen LogP) is 4.91. The van der Waals surface area contributed by atoms with E-state index in [4.69, 9.17) is 11.6 Å². The van der Waals surface area contributed by atoms with Gasteiger partial charge in [-0.3, -0.25) is 14.3 Å². The van der Waals surface area contributed by atoms with E-state index in [1.165, 1.54) is 12.8 Å². The first-order valence-electron chi connectivity index (χ1n) is 11.7. The molecule has 0 radical (unpaired) electrons. The molecule has 1 atom stereocenters. The third-order valence-corrected chi connectivity index (χ3v) is 7.24. The van der Waals surface area contributed by atoms with Crippen molar-refractivity contribution in [3.8, 4) is 0 Å². The molecule has 0 unspecified atom stereocenters. The zero-order valence-corrected chi connectivity index (χ0v) is 20.0. The van der Waals surface area contributed by atoms with Gasteiger partial charge in [-0.2, -0.15) is 5.10 Å². The van der Waals surface area contributed by atoms with E-state index < -0.39 is 5.54 Å². The molecule has 4 rings (SSSR count). The Kier molecular flexibility index (Phi) is 6.61. The van der Waals surface area contributed by atoms with Crippen LogP contribution in [0.2, 0.25) is 5.02 Å². The molecule has 1 aliphatic heterocycles. The van der Waals surface area contributed by atoms with Crippen LogP contribution in [0.25, 0.3) is 0 Å². The molecule has 172 valence electrons. The molecule has 1 N–H and O–H groups in total. The topological polar surface area (TPSA) is 67.2 Å². The number of carbonyl (C=O) groups excluding carboxylic acids is 2. The molecule has 32 heavy (non-hydrogen) atoms. The van der Waals surface area contributed by atoms with Gasteiger partial charge in [0.2, 0.25) is 5.91 Å². The van der Waals surface area contributed by atoms with Crippen molar-refractivity contribution in [3.05, 3.63) is 52.3 Å². The van der Waals surface area contributed by atoms with E-state index in [0.29, 0.717) is 17.3 Å². The molecule has 1 aromatic heterocycles. The van der Waals surface area contributed by atoms with Crippen LogP contribution in [0.5, 0.6) is 0 Å². The lowest BCUT2D eigenvalue weighted by Gasteiger charge is -2.44. The van der Waals surface area contributed by atoms with E-state index in [9.17, 15) is 9.59 Å². The fourth-order valence-electron chi connectivity index (χ4n) is 4.75. The van der Waals surface area contributed by atoms with Gasteiger partial charge < -0.3 is 10.2 Å². The lowest BCUT2D eigenvalue weighted by molar-refractivity contribution is -0.134. The average Bonchev–Trinajstić information content (AvgIpc) is 3.02. The molecule has 2 aromatic rings. The number of carbonyl (C=O) groups is 2. The molecule has 0 spiro atoms. The van der Waals surface area contributed by atoms with Crippen molar-refractivity contribution in [1.82, 2.24) is 20.0 Å². The van der Waals surface area contributed by atoms with Crippen LogP contribution < -0.4 is 5.32 Å². The van der Waals surface area contributed by atoms with Gasteiger partial charge in [0.15, 0.2) is 0 Å². The SMILES string of the molecule is CC(C)c1cc2n(n1)C[C@@](C)(C(=O)NC1CCCCCC1)N(Cc1ccccc1Cl)C2=O. The van der Waals surface area contributed by atoms with E-state index in [1.54, 1.807) is 9.58 Å². The van der Waals surface area contributed by atoms with Gasteiger partial charge in [-0.1, -0.05) is 69.3 Å². The molecule has 1 aromatic carbocycles. The average molecular weight is 457 g/mol. The molecule has 2 heterocycles. The summed E-state index contributed by atoms with van der Waals surface area (Å²) in [6.45, 7) is 6.56. The lowest BCUT2D eigenvalue weighted by Crippen LogP contribution is -2.64. The molecule has 1 saturated carbocycles. The van der Waals surface area contributed by atoms with Gasteiger partial charge in [-0.25, -0.2) is 0 Å². The molecule has 2 aliphatic rings. The van der Waals surface area contributed by atoms with Gasteiger partial charge in [0.25, 0.3) is 5.91 Å². The Morgan fingerprint density at radius 3 is 2.56 bits per heavy atom. The number of rotatable bonds is 5. The molecular weight excluding hydrogens is 424 g/mol. The number of nitrogens with zero attached hydrogens (tertiary/aromatic N) is 3. The normalized spacial score (nSPS) is 22.0. The first kappa shape index (κ1) is 22.8. The Morgan fingerprint density at radius 2 is 1.91 bits per heavy atom. The van der Waals surface area contributed by atoms with Crippen LogP contribution in [-0.2, 0) is 17.9 Å². The summed E-state index contributed by atoms with van der Waals surface area (Å²) in [5.74, 6) is -0.102. The zero-order chi connectivity index (χ0) is 22.9. The molecule has 0 bridgehead atoms. The monoisotopic (exact) mass is 456 g/mol. The number of amides is 2. The van der Waals surface area contributed by atoms with Crippen LogP contribution >= 0.6 is 11.6 Å². The second-order valence-corrected chi connectivity index (χ2v) is 10.1. The minimum absolute atomic E-state index is 0.114. The van der Waals surface area contributed by atoms with Crippen molar-refractivity contribution in [3.63, 3.8) is 0 Å². The van der Waals surface area contributed by atoms with Crippen molar-refractivity contribution < 1.29 is 9.59 Å².